The average Bonchev–Trinajstić information content (AvgIpc) is 2.04. The summed E-state index contributed by atoms with van der Waals surface area (Å²) in [7, 11) is 0. The van der Waals surface area contributed by atoms with Crippen molar-refractivity contribution in [2.45, 2.75) is 6.61 Å². The molecule has 1 rings (SSSR count). The molecule has 5 nitrogen and oxygen atoms in total. The van der Waals surface area contributed by atoms with Crippen LogP contribution in [0.1, 0.15) is 0 Å². The molecule has 0 fully saturated rings. The Bertz CT molecular complexity index is 301. The van der Waals surface area contributed by atoms with Crippen LogP contribution >= 0.6 is 0 Å². The molecule has 7 heteroatoms. The van der Waals surface area contributed by atoms with Crippen molar-refractivity contribution in [3.05, 3.63) is 28.4 Å². The van der Waals surface area contributed by atoms with Gasteiger partial charge < -0.3 is 14.9 Å². The molecule has 0 atom stereocenters. The highest BCUT2D eigenvalue weighted by Gasteiger charge is 2.09. The van der Waals surface area contributed by atoms with E-state index >= 15 is 0 Å². The molecule has 0 spiro atoms. The highest BCUT2D eigenvalue weighted by molar-refractivity contribution is 5.26. The average molecular weight is 190 g/mol. The van der Waals surface area contributed by atoms with Crippen molar-refractivity contribution in [3.63, 3.8) is 0 Å². The van der Waals surface area contributed by atoms with Gasteiger partial charge in [-0.05, 0) is 16.0 Å². The summed E-state index contributed by atoms with van der Waals surface area (Å²) >= 11 is 0. The molecule has 0 radical (unpaired) electrons. The first-order chi connectivity index (χ1) is 6.09. The molecule has 0 aromatic carbocycles. The molecule has 0 saturated heterocycles. The van der Waals surface area contributed by atoms with Gasteiger partial charge in [0.15, 0.2) is 11.9 Å². The summed E-state index contributed by atoms with van der Waals surface area (Å²) < 4.78 is 27.1. The van der Waals surface area contributed by atoms with Gasteiger partial charge in [-0.3, -0.25) is 0 Å². The van der Waals surface area contributed by atoms with Crippen molar-refractivity contribution in [1.29, 1.82) is 0 Å². The van der Waals surface area contributed by atoms with Crippen LogP contribution in [0, 0.1) is 10.1 Å². The number of alkyl halides is 2. The van der Waals surface area contributed by atoms with Crippen LogP contribution in [0.15, 0.2) is 18.3 Å². The van der Waals surface area contributed by atoms with E-state index in [4.69, 9.17) is 0 Å². The maximum atomic E-state index is 11.6. The first kappa shape index (κ1) is 9.30. The molecule has 0 aliphatic rings. The summed E-state index contributed by atoms with van der Waals surface area (Å²) in [5.74, 6) is -0.623. The van der Waals surface area contributed by atoms with Crippen molar-refractivity contribution in [2.24, 2.45) is 0 Å². The van der Waals surface area contributed by atoms with Gasteiger partial charge in [-0.1, -0.05) is 0 Å². The van der Waals surface area contributed by atoms with E-state index in [0.717, 1.165) is 18.3 Å². The molecule has 0 saturated carbocycles. The second kappa shape index (κ2) is 3.74. The first-order valence-electron chi connectivity index (χ1n) is 3.15. The summed E-state index contributed by atoms with van der Waals surface area (Å²) in [6.45, 7) is -2.96. The van der Waals surface area contributed by atoms with Gasteiger partial charge in [-0.15, -0.1) is 0 Å². The summed E-state index contributed by atoms with van der Waals surface area (Å²) in [5, 5.41) is 10.1. The fourth-order valence-corrected chi connectivity index (χ4v) is 0.653. The van der Waals surface area contributed by atoms with Crippen molar-refractivity contribution >= 4 is 5.82 Å². The highest BCUT2D eigenvalue weighted by atomic mass is 19.3. The third-order valence-corrected chi connectivity index (χ3v) is 1.13. The van der Waals surface area contributed by atoms with Crippen LogP contribution in [0.25, 0.3) is 0 Å². The number of nitro groups is 1. The maximum absolute atomic E-state index is 11.6. The van der Waals surface area contributed by atoms with E-state index < -0.39 is 17.4 Å². The Morgan fingerprint density at radius 2 is 2.23 bits per heavy atom. The molecular formula is C6H4F2N2O3. The number of pyridine rings is 1. The topological polar surface area (TPSA) is 65.3 Å². The van der Waals surface area contributed by atoms with Gasteiger partial charge in [0.05, 0.1) is 0 Å². The lowest BCUT2D eigenvalue weighted by Gasteiger charge is -2.00. The fourth-order valence-electron chi connectivity index (χ4n) is 0.653. The maximum Gasteiger partial charge on any atom is 0.387 e. The van der Waals surface area contributed by atoms with Crippen LogP contribution in [0.5, 0.6) is 5.75 Å². The molecule has 0 aliphatic carbocycles. The Kier molecular flexibility index (Phi) is 2.68. The minimum absolute atomic E-state index is 0.208. The molecule has 1 heterocycles. The van der Waals surface area contributed by atoms with Crippen LogP contribution in [0.3, 0.4) is 0 Å². The van der Waals surface area contributed by atoms with E-state index in [1.54, 1.807) is 0 Å². The number of aromatic nitrogens is 1. The monoisotopic (exact) mass is 190 g/mol. The Balaban J connectivity index is 2.75. The molecule has 13 heavy (non-hydrogen) atoms. The van der Waals surface area contributed by atoms with E-state index in [1.807, 2.05) is 0 Å². The smallest absolute Gasteiger partial charge is 0.387 e. The molecule has 70 valence electrons. The number of ether oxygens (including phenoxy) is 1. The summed E-state index contributed by atoms with van der Waals surface area (Å²) in [5.41, 5.74) is 0. The Hall–Kier alpha value is -1.79. The van der Waals surface area contributed by atoms with E-state index in [0.29, 0.717) is 0 Å². The lowest BCUT2D eigenvalue weighted by molar-refractivity contribution is -0.389. The second-order valence-electron chi connectivity index (χ2n) is 1.99. The Morgan fingerprint density at radius 3 is 2.62 bits per heavy atom. The van der Waals surface area contributed by atoms with Gasteiger partial charge in [-0.2, -0.15) is 8.78 Å². The molecule has 0 N–H and O–H groups in total. The first-order valence-corrected chi connectivity index (χ1v) is 3.15. The van der Waals surface area contributed by atoms with Crippen molar-refractivity contribution in [3.8, 4) is 5.75 Å². The minimum atomic E-state index is -2.96. The van der Waals surface area contributed by atoms with Crippen LogP contribution in [0.4, 0.5) is 14.6 Å². The molecule has 1 aromatic heterocycles. The van der Waals surface area contributed by atoms with Crippen LogP contribution < -0.4 is 4.74 Å². The zero-order valence-electron chi connectivity index (χ0n) is 6.18. The predicted molar refractivity (Wildman–Crippen MR) is 37.5 cm³/mol. The summed E-state index contributed by atoms with van der Waals surface area (Å²) in [6, 6.07) is 2.04. The van der Waals surface area contributed by atoms with Gasteiger partial charge in [0.1, 0.15) is 0 Å². The Morgan fingerprint density at radius 1 is 1.54 bits per heavy atom. The van der Waals surface area contributed by atoms with Gasteiger partial charge in [0, 0.05) is 6.07 Å². The zero-order valence-corrected chi connectivity index (χ0v) is 6.18. The van der Waals surface area contributed by atoms with Crippen molar-refractivity contribution in [2.75, 3.05) is 0 Å². The molecule has 0 aliphatic heterocycles. The summed E-state index contributed by atoms with van der Waals surface area (Å²) in [6.07, 6.45) is 0.865. The molecule has 0 amide bonds. The molecular weight excluding hydrogens is 186 g/mol. The molecule has 1 aromatic rings. The van der Waals surface area contributed by atoms with Gasteiger partial charge in [0.25, 0.3) is 0 Å². The summed E-state index contributed by atoms with van der Waals surface area (Å²) in [4.78, 5) is 12.6. The number of hydrogen-bond donors (Lipinski definition) is 0. The third kappa shape index (κ3) is 2.62. The van der Waals surface area contributed by atoms with Crippen LogP contribution in [-0.4, -0.2) is 16.5 Å². The van der Waals surface area contributed by atoms with E-state index in [9.17, 15) is 18.9 Å². The Labute approximate surface area is 71.1 Å². The van der Waals surface area contributed by atoms with Gasteiger partial charge in [0.2, 0.25) is 0 Å². The SMILES string of the molecule is O=[N+]([O-])c1ccc(OC(F)F)cn1. The van der Waals surface area contributed by atoms with Crippen molar-refractivity contribution in [1.82, 2.24) is 4.98 Å². The number of hydrogen-bond acceptors (Lipinski definition) is 4. The second-order valence-corrected chi connectivity index (χ2v) is 1.99. The van der Waals surface area contributed by atoms with Crippen molar-refractivity contribution < 1.29 is 18.4 Å². The third-order valence-electron chi connectivity index (χ3n) is 1.13. The fraction of sp³-hybridized carbons (Fsp3) is 0.167. The van der Waals surface area contributed by atoms with Gasteiger partial charge in [-0.25, -0.2) is 0 Å². The standard InChI is InChI=1S/C6H4F2N2O3/c7-6(8)13-4-1-2-5(9-3-4)10(11)12/h1-3,6H. The number of halogens is 2. The normalized spacial score (nSPS) is 10.1. The quantitative estimate of drug-likeness (QED) is 0.536. The molecule has 0 bridgehead atoms. The number of nitrogens with zero attached hydrogens (tertiary/aromatic N) is 2. The van der Waals surface area contributed by atoms with Crippen LogP contribution in [-0.2, 0) is 0 Å². The zero-order chi connectivity index (χ0) is 9.84. The lowest BCUT2D eigenvalue weighted by atomic mass is 10.4. The van der Waals surface area contributed by atoms with Crippen LogP contribution in [0.2, 0.25) is 0 Å². The van der Waals surface area contributed by atoms with E-state index in [-0.39, 0.29) is 5.75 Å². The van der Waals surface area contributed by atoms with Gasteiger partial charge >= 0.3 is 12.4 Å². The van der Waals surface area contributed by atoms with E-state index in [2.05, 4.69) is 9.72 Å². The molecule has 0 unspecified atom stereocenters. The largest absolute Gasteiger partial charge is 0.431 e. The minimum Gasteiger partial charge on any atom is -0.431 e. The highest BCUT2D eigenvalue weighted by Crippen LogP contribution is 2.15. The predicted octanol–water partition coefficient (Wildman–Crippen LogP) is 1.59. The number of rotatable bonds is 3. The van der Waals surface area contributed by atoms with E-state index in [1.165, 1.54) is 0 Å². The lowest BCUT2D eigenvalue weighted by Crippen LogP contribution is -2.02.